The molecule has 5 heteroatoms. The number of halogens is 1. The summed E-state index contributed by atoms with van der Waals surface area (Å²) in [5.74, 6) is 0.786. The van der Waals surface area contributed by atoms with Gasteiger partial charge in [0.05, 0.1) is 0 Å². The minimum absolute atomic E-state index is 0.0393. The normalized spacial score (nSPS) is 14.4. The largest absolute Gasteiger partial charge is 0.366 e. The van der Waals surface area contributed by atoms with Gasteiger partial charge in [-0.1, -0.05) is 26.8 Å². The number of anilines is 2. The highest BCUT2D eigenvalue weighted by atomic mass is 32.2. The molecule has 3 rings (SSSR count). The van der Waals surface area contributed by atoms with Gasteiger partial charge in [0.1, 0.15) is 5.82 Å². The number of nitrogens with zero attached hydrogens (tertiary/aromatic N) is 1. The van der Waals surface area contributed by atoms with Gasteiger partial charge in [0.25, 0.3) is 0 Å². The van der Waals surface area contributed by atoms with Crippen molar-refractivity contribution < 1.29 is 9.18 Å². The first kappa shape index (κ1) is 20.7. The first-order chi connectivity index (χ1) is 13.1. The highest BCUT2D eigenvalue weighted by molar-refractivity contribution is 7.99. The van der Waals surface area contributed by atoms with Crippen molar-refractivity contribution in [2.45, 2.75) is 52.5 Å². The minimum atomic E-state index is -0.179. The molecule has 0 atom stereocenters. The highest BCUT2D eigenvalue weighted by Crippen LogP contribution is 2.33. The lowest BCUT2D eigenvalue weighted by molar-refractivity contribution is -0.117. The van der Waals surface area contributed by atoms with Gasteiger partial charge in [-0.2, -0.15) is 0 Å². The van der Waals surface area contributed by atoms with Gasteiger partial charge in [0.2, 0.25) is 5.91 Å². The van der Waals surface area contributed by atoms with Crippen molar-refractivity contribution in [3.05, 3.63) is 52.8 Å². The molecular weight excluding hydrogens is 371 g/mol. The molecule has 1 heterocycles. The van der Waals surface area contributed by atoms with Crippen LogP contribution in [0.3, 0.4) is 0 Å². The van der Waals surface area contributed by atoms with Crippen LogP contribution in [0.25, 0.3) is 0 Å². The van der Waals surface area contributed by atoms with Gasteiger partial charge in [0.15, 0.2) is 0 Å². The molecule has 1 N–H and O–H groups in total. The maximum atomic E-state index is 13.5. The fraction of sp³-hybridized carbons (Fsp3) is 0.435. The summed E-state index contributed by atoms with van der Waals surface area (Å²) < 4.78 is 13.5. The van der Waals surface area contributed by atoms with E-state index in [0.29, 0.717) is 6.42 Å². The van der Waals surface area contributed by atoms with Gasteiger partial charge in [-0.3, -0.25) is 4.79 Å². The molecule has 3 nitrogen and oxygen atoms in total. The minimum Gasteiger partial charge on any atom is -0.366 e. The number of benzene rings is 2. The van der Waals surface area contributed by atoms with Crippen LogP contribution >= 0.6 is 11.8 Å². The Hall–Kier alpha value is -2.01. The Bertz CT molecular complexity index is 866. The zero-order chi connectivity index (χ0) is 20.5. The van der Waals surface area contributed by atoms with E-state index in [9.17, 15) is 9.18 Å². The summed E-state index contributed by atoms with van der Waals surface area (Å²) >= 11 is 1.71. The van der Waals surface area contributed by atoms with E-state index in [1.165, 1.54) is 6.07 Å². The summed E-state index contributed by atoms with van der Waals surface area (Å²) in [6, 6.07) is 9.33. The maximum Gasteiger partial charge on any atom is 0.224 e. The number of carbonyl (C=O) groups is 1. The fourth-order valence-corrected chi connectivity index (χ4v) is 4.60. The number of thioether (sulfide) groups is 1. The Morgan fingerprint density at radius 2 is 1.86 bits per heavy atom. The molecule has 150 valence electrons. The third kappa shape index (κ3) is 5.07. The quantitative estimate of drug-likeness (QED) is 0.693. The number of fused-ring (bicyclic) bond motifs is 1. The molecule has 0 spiro atoms. The number of carbonyl (C=O) groups excluding carboxylic acids is 1. The Kier molecular flexibility index (Phi) is 6.04. The zero-order valence-corrected chi connectivity index (χ0v) is 18.2. The van der Waals surface area contributed by atoms with Gasteiger partial charge in [0, 0.05) is 41.5 Å². The van der Waals surface area contributed by atoms with Crippen molar-refractivity contribution in [1.82, 2.24) is 0 Å². The lowest BCUT2D eigenvalue weighted by atomic mass is 9.92. The van der Waals surface area contributed by atoms with Gasteiger partial charge < -0.3 is 10.2 Å². The summed E-state index contributed by atoms with van der Waals surface area (Å²) in [4.78, 5) is 15.7. The predicted octanol–water partition coefficient (Wildman–Crippen LogP) is 5.93. The molecular formula is C23H29FN2OS. The predicted molar refractivity (Wildman–Crippen MR) is 117 cm³/mol. The van der Waals surface area contributed by atoms with Gasteiger partial charge in [-0.05, 0) is 60.2 Å². The molecule has 1 aliphatic rings. The number of aryl methyl sites for hydroxylation is 2. The Morgan fingerprint density at radius 3 is 2.50 bits per heavy atom. The maximum absolute atomic E-state index is 13.5. The molecule has 0 unspecified atom stereocenters. The van der Waals surface area contributed by atoms with Crippen LogP contribution in [0, 0.1) is 25.1 Å². The van der Waals surface area contributed by atoms with E-state index in [1.807, 2.05) is 19.9 Å². The van der Waals surface area contributed by atoms with E-state index in [0.717, 1.165) is 51.8 Å². The van der Waals surface area contributed by atoms with Crippen molar-refractivity contribution in [3.8, 4) is 0 Å². The molecule has 0 bridgehead atoms. The Balaban J connectivity index is 1.82. The van der Waals surface area contributed by atoms with E-state index in [4.69, 9.17) is 0 Å². The molecule has 0 saturated carbocycles. The molecule has 28 heavy (non-hydrogen) atoms. The standard InChI is InChI=1S/C23H29FN2OS/c1-15-10-19(11-16(2)22(15)25-21(27)13-23(3,4)5)26-8-9-28-20-12-18(24)7-6-17(20)14-26/h6-7,10-12H,8-9,13-14H2,1-5H3,(H,25,27). The summed E-state index contributed by atoms with van der Waals surface area (Å²) in [5.41, 5.74) is 5.29. The Morgan fingerprint density at radius 1 is 1.18 bits per heavy atom. The van der Waals surface area contributed by atoms with Crippen molar-refractivity contribution in [2.75, 3.05) is 22.5 Å². The monoisotopic (exact) mass is 400 g/mol. The molecule has 2 aromatic carbocycles. The molecule has 0 radical (unpaired) electrons. The Labute approximate surface area is 171 Å². The second-order valence-corrected chi connectivity index (χ2v) is 9.90. The molecule has 0 aromatic heterocycles. The first-order valence-electron chi connectivity index (χ1n) is 9.70. The molecule has 0 fully saturated rings. The average molecular weight is 401 g/mol. The van der Waals surface area contributed by atoms with Crippen LogP contribution in [0.15, 0.2) is 35.2 Å². The lowest BCUT2D eigenvalue weighted by Gasteiger charge is -2.25. The van der Waals surface area contributed by atoms with Crippen LogP contribution < -0.4 is 10.2 Å². The van der Waals surface area contributed by atoms with E-state index in [1.54, 1.807) is 17.8 Å². The van der Waals surface area contributed by atoms with Crippen LogP contribution in [-0.4, -0.2) is 18.2 Å². The zero-order valence-electron chi connectivity index (χ0n) is 17.4. The number of amides is 1. The number of hydrogen-bond donors (Lipinski definition) is 1. The van der Waals surface area contributed by atoms with Crippen molar-refractivity contribution in [1.29, 1.82) is 0 Å². The third-order valence-corrected chi connectivity index (χ3v) is 5.92. The average Bonchev–Trinajstić information content (AvgIpc) is 2.78. The highest BCUT2D eigenvalue weighted by Gasteiger charge is 2.20. The molecule has 0 saturated heterocycles. The molecule has 0 aliphatic carbocycles. The molecule has 2 aromatic rings. The summed E-state index contributed by atoms with van der Waals surface area (Å²) in [6.07, 6.45) is 0.490. The fourth-order valence-electron chi connectivity index (χ4n) is 3.55. The van der Waals surface area contributed by atoms with Crippen molar-refractivity contribution >= 4 is 29.0 Å². The van der Waals surface area contributed by atoms with E-state index in [-0.39, 0.29) is 17.1 Å². The van der Waals surface area contributed by atoms with Gasteiger partial charge in [-0.15, -0.1) is 11.8 Å². The van der Waals surface area contributed by atoms with Crippen LogP contribution in [0.1, 0.15) is 43.9 Å². The number of nitrogens with one attached hydrogen (secondary N) is 1. The van der Waals surface area contributed by atoms with Crippen LogP contribution in [0.2, 0.25) is 0 Å². The van der Waals surface area contributed by atoms with E-state index in [2.05, 4.69) is 43.1 Å². The van der Waals surface area contributed by atoms with Gasteiger partial charge >= 0.3 is 0 Å². The third-order valence-electron chi connectivity index (χ3n) is 4.85. The molecule has 1 amide bonds. The summed E-state index contributed by atoms with van der Waals surface area (Å²) in [5, 5.41) is 3.10. The number of hydrogen-bond acceptors (Lipinski definition) is 3. The summed E-state index contributed by atoms with van der Waals surface area (Å²) in [6.45, 7) is 11.9. The SMILES string of the molecule is Cc1cc(N2CCSc3cc(F)ccc3C2)cc(C)c1NC(=O)CC(C)(C)C. The topological polar surface area (TPSA) is 32.3 Å². The van der Waals surface area contributed by atoms with E-state index >= 15 is 0 Å². The number of rotatable bonds is 3. The van der Waals surface area contributed by atoms with Crippen LogP contribution in [-0.2, 0) is 11.3 Å². The second-order valence-electron chi connectivity index (χ2n) is 8.76. The smallest absolute Gasteiger partial charge is 0.224 e. The summed E-state index contributed by atoms with van der Waals surface area (Å²) in [7, 11) is 0. The van der Waals surface area contributed by atoms with Gasteiger partial charge in [-0.25, -0.2) is 4.39 Å². The van der Waals surface area contributed by atoms with Crippen LogP contribution in [0.5, 0.6) is 0 Å². The lowest BCUT2D eigenvalue weighted by Crippen LogP contribution is -2.24. The first-order valence-corrected chi connectivity index (χ1v) is 10.7. The van der Waals surface area contributed by atoms with Crippen LogP contribution in [0.4, 0.5) is 15.8 Å². The van der Waals surface area contributed by atoms with Crippen molar-refractivity contribution in [3.63, 3.8) is 0 Å². The van der Waals surface area contributed by atoms with E-state index < -0.39 is 0 Å². The second kappa shape index (κ2) is 8.16. The molecule has 1 aliphatic heterocycles. The van der Waals surface area contributed by atoms with Crippen molar-refractivity contribution in [2.24, 2.45) is 5.41 Å².